The van der Waals surface area contributed by atoms with Gasteiger partial charge >= 0.3 is 5.97 Å². The molecule has 1 aliphatic heterocycles. The summed E-state index contributed by atoms with van der Waals surface area (Å²) in [6, 6.07) is 9.48. The van der Waals surface area contributed by atoms with Gasteiger partial charge in [0.05, 0.1) is 12.5 Å². The normalized spacial score (nSPS) is 30.4. The Balaban J connectivity index is 2.30. The van der Waals surface area contributed by atoms with Crippen molar-refractivity contribution in [2.75, 3.05) is 6.61 Å². The van der Waals surface area contributed by atoms with Gasteiger partial charge in [-0.25, -0.2) is 4.79 Å². The Morgan fingerprint density at radius 1 is 1.37 bits per heavy atom. The van der Waals surface area contributed by atoms with Crippen LogP contribution in [-0.4, -0.2) is 24.5 Å². The van der Waals surface area contributed by atoms with E-state index in [-0.39, 0.29) is 18.3 Å². The zero-order chi connectivity index (χ0) is 14.0. The van der Waals surface area contributed by atoms with Crippen LogP contribution in [0, 0.1) is 5.92 Å². The van der Waals surface area contributed by atoms with Crippen LogP contribution in [0.4, 0.5) is 0 Å². The van der Waals surface area contributed by atoms with Crippen LogP contribution >= 0.6 is 0 Å². The third-order valence-corrected chi connectivity index (χ3v) is 3.72. The Morgan fingerprint density at radius 2 is 2.00 bits per heavy atom. The molecule has 1 aromatic rings. The molecule has 102 valence electrons. The molecule has 0 radical (unpaired) electrons. The Bertz CT molecular complexity index is 482. The van der Waals surface area contributed by atoms with E-state index in [2.05, 4.69) is 0 Å². The van der Waals surface area contributed by atoms with Crippen LogP contribution < -0.4 is 0 Å². The van der Waals surface area contributed by atoms with Gasteiger partial charge in [0.15, 0.2) is 5.78 Å². The van der Waals surface area contributed by atoms with Crippen molar-refractivity contribution in [3.63, 3.8) is 0 Å². The summed E-state index contributed by atoms with van der Waals surface area (Å²) in [5.74, 6) is -1.20. The minimum absolute atomic E-state index is 0.218. The molecule has 1 heterocycles. The zero-order valence-electron chi connectivity index (χ0n) is 11.4. The van der Waals surface area contributed by atoms with E-state index in [0.717, 1.165) is 5.56 Å². The van der Waals surface area contributed by atoms with Crippen molar-refractivity contribution < 1.29 is 19.1 Å². The molecule has 0 N–H and O–H groups in total. The molecule has 1 fully saturated rings. The number of ketones is 1. The minimum Gasteiger partial charge on any atom is -0.464 e. The predicted molar refractivity (Wildman–Crippen MR) is 69.5 cm³/mol. The standard InChI is InChI=1S/C15H18O4/c1-4-18-14(17)13-12(16)10(2)15(3,19-13)11-8-6-5-7-9-11/h5-10,13H,4H2,1-3H3. The molecule has 0 aromatic heterocycles. The smallest absolute Gasteiger partial charge is 0.343 e. The number of hydrogen-bond acceptors (Lipinski definition) is 4. The molecular weight excluding hydrogens is 244 g/mol. The first kappa shape index (κ1) is 13.7. The van der Waals surface area contributed by atoms with Crippen molar-refractivity contribution in [2.45, 2.75) is 32.5 Å². The van der Waals surface area contributed by atoms with Crippen molar-refractivity contribution in [3.05, 3.63) is 35.9 Å². The summed E-state index contributed by atoms with van der Waals surface area (Å²) < 4.78 is 10.6. The van der Waals surface area contributed by atoms with Gasteiger partial charge in [-0.1, -0.05) is 37.3 Å². The third kappa shape index (κ3) is 2.28. The van der Waals surface area contributed by atoms with Crippen LogP contribution in [0.1, 0.15) is 26.3 Å². The first-order chi connectivity index (χ1) is 9.00. The lowest BCUT2D eigenvalue weighted by atomic mass is 9.83. The Morgan fingerprint density at radius 3 is 2.58 bits per heavy atom. The van der Waals surface area contributed by atoms with Gasteiger partial charge in [0.2, 0.25) is 6.10 Å². The molecule has 1 aliphatic rings. The molecule has 1 saturated heterocycles. The second-order valence-electron chi connectivity index (χ2n) is 4.85. The van der Waals surface area contributed by atoms with Crippen LogP contribution in [0.5, 0.6) is 0 Å². The van der Waals surface area contributed by atoms with Crippen LogP contribution in [0.15, 0.2) is 30.3 Å². The topological polar surface area (TPSA) is 52.6 Å². The van der Waals surface area contributed by atoms with E-state index in [4.69, 9.17) is 9.47 Å². The number of rotatable bonds is 3. The fourth-order valence-electron chi connectivity index (χ4n) is 2.37. The van der Waals surface area contributed by atoms with Crippen molar-refractivity contribution >= 4 is 11.8 Å². The first-order valence-corrected chi connectivity index (χ1v) is 6.44. The van der Waals surface area contributed by atoms with E-state index in [0.29, 0.717) is 0 Å². The fourth-order valence-corrected chi connectivity index (χ4v) is 2.37. The summed E-state index contributed by atoms with van der Waals surface area (Å²) in [7, 11) is 0. The van der Waals surface area contributed by atoms with Crippen LogP contribution in [0.2, 0.25) is 0 Å². The molecule has 1 aromatic carbocycles. The molecule has 4 nitrogen and oxygen atoms in total. The maximum atomic E-state index is 12.2. The third-order valence-electron chi connectivity index (χ3n) is 3.72. The largest absolute Gasteiger partial charge is 0.464 e. The molecule has 3 unspecified atom stereocenters. The van der Waals surface area contributed by atoms with Crippen molar-refractivity contribution in [2.24, 2.45) is 5.92 Å². The Labute approximate surface area is 112 Å². The highest BCUT2D eigenvalue weighted by Gasteiger charge is 2.53. The average molecular weight is 262 g/mol. The van der Waals surface area contributed by atoms with Gasteiger partial charge < -0.3 is 9.47 Å². The molecule has 0 amide bonds. The summed E-state index contributed by atoms with van der Waals surface area (Å²) in [6.45, 7) is 5.57. The molecule has 0 spiro atoms. The minimum atomic E-state index is -1.11. The quantitative estimate of drug-likeness (QED) is 0.618. The number of benzene rings is 1. The van der Waals surface area contributed by atoms with E-state index in [1.165, 1.54) is 0 Å². The summed E-state index contributed by atoms with van der Waals surface area (Å²) in [4.78, 5) is 23.9. The highest BCUT2D eigenvalue weighted by atomic mass is 16.6. The molecular formula is C15H18O4. The van der Waals surface area contributed by atoms with Gasteiger partial charge in [-0.15, -0.1) is 0 Å². The molecule has 0 aliphatic carbocycles. The van der Waals surface area contributed by atoms with Crippen molar-refractivity contribution in [3.8, 4) is 0 Å². The number of Topliss-reactive ketones (excluding diaryl/α,β-unsaturated/α-hetero) is 1. The second kappa shape index (κ2) is 5.13. The zero-order valence-corrected chi connectivity index (χ0v) is 11.4. The summed E-state index contributed by atoms with van der Waals surface area (Å²) in [6.07, 6.45) is -1.11. The molecule has 2 rings (SSSR count). The first-order valence-electron chi connectivity index (χ1n) is 6.44. The molecule has 19 heavy (non-hydrogen) atoms. The monoisotopic (exact) mass is 262 g/mol. The number of hydrogen-bond donors (Lipinski definition) is 0. The van der Waals surface area contributed by atoms with Gasteiger partial charge in [0, 0.05) is 0 Å². The number of ether oxygens (including phenoxy) is 2. The van der Waals surface area contributed by atoms with E-state index in [1.54, 1.807) is 13.8 Å². The maximum absolute atomic E-state index is 12.2. The summed E-state index contributed by atoms with van der Waals surface area (Å²) >= 11 is 0. The van der Waals surface area contributed by atoms with E-state index < -0.39 is 17.7 Å². The molecule has 3 atom stereocenters. The molecule has 0 bridgehead atoms. The van der Waals surface area contributed by atoms with Gasteiger partial charge in [-0.3, -0.25) is 4.79 Å². The van der Waals surface area contributed by atoms with Gasteiger partial charge in [0.1, 0.15) is 5.60 Å². The Kier molecular flexibility index (Phi) is 3.71. The van der Waals surface area contributed by atoms with E-state index >= 15 is 0 Å². The summed E-state index contributed by atoms with van der Waals surface area (Å²) in [5.41, 5.74) is 0.109. The van der Waals surface area contributed by atoms with E-state index in [9.17, 15) is 9.59 Å². The van der Waals surface area contributed by atoms with Crippen molar-refractivity contribution in [1.82, 2.24) is 0 Å². The lowest BCUT2D eigenvalue weighted by Gasteiger charge is -2.27. The van der Waals surface area contributed by atoms with Crippen LogP contribution in [0.3, 0.4) is 0 Å². The van der Waals surface area contributed by atoms with Gasteiger partial charge in [0.25, 0.3) is 0 Å². The fraction of sp³-hybridized carbons (Fsp3) is 0.467. The number of esters is 1. The lowest BCUT2D eigenvalue weighted by Crippen LogP contribution is -2.30. The van der Waals surface area contributed by atoms with E-state index in [1.807, 2.05) is 37.3 Å². The van der Waals surface area contributed by atoms with Gasteiger partial charge in [-0.2, -0.15) is 0 Å². The molecule has 4 heteroatoms. The number of carbonyl (C=O) groups is 2. The lowest BCUT2D eigenvalue weighted by molar-refractivity contribution is -0.162. The summed E-state index contributed by atoms with van der Waals surface area (Å²) in [5, 5.41) is 0. The van der Waals surface area contributed by atoms with Crippen LogP contribution in [-0.2, 0) is 24.7 Å². The van der Waals surface area contributed by atoms with Crippen molar-refractivity contribution in [1.29, 1.82) is 0 Å². The average Bonchev–Trinajstić information content (AvgIpc) is 2.66. The van der Waals surface area contributed by atoms with Gasteiger partial charge in [-0.05, 0) is 19.4 Å². The highest BCUT2D eigenvalue weighted by molar-refractivity contribution is 6.05. The number of carbonyl (C=O) groups excluding carboxylic acids is 2. The SMILES string of the molecule is CCOC(=O)C1OC(C)(c2ccccc2)C(C)C1=O. The highest BCUT2D eigenvalue weighted by Crippen LogP contribution is 2.41. The molecule has 0 saturated carbocycles. The maximum Gasteiger partial charge on any atom is 0.343 e. The Hall–Kier alpha value is -1.68. The van der Waals surface area contributed by atoms with Crippen LogP contribution in [0.25, 0.3) is 0 Å². The predicted octanol–water partition coefficient (Wildman–Crippen LogP) is 2.07. The second-order valence-corrected chi connectivity index (χ2v) is 4.85.